The summed E-state index contributed by atoms with van der Waals surface area (Å²) in [5.74, 6) is 6.66. The molecule has 0 spiro atoms. The number of aromatic nitrogens is 2. The maximum atomic E-state index is 5.69. The van der Waals surface area contributed by atoms with Crippen LogP contribution >= 0.6 is 11.3 Å². The molecule has 0 aliphatic rings. The number of hydrogen-bond acceptors (Lipinski definition) is 7. The number of nitrogen functional groups attached to an aromatic ring is 1. The van der Waals surface area contributed by atoms with Gasteiger partial charge in [0, 0.05) is 0 Å². The molecule has 1 heterocycles. The molecule has 2 aromatic rings. The van der Waals surface area contributed by atoms with Crippen molar-refractivity contribution in [1.29, 1.82) is 0 Å². The first-order valence-corrected chi connectivity index (χ1v) is 6.67. The molecular weight excluding hydrogens is 264 g/mol. The number of ether oxygens (including phenoxy) is 2. The third-order valence-corrected chi connectivity index (χ3v) is 3.41. The fraction of sp³-hybridized carbons (Fsp3) is 0.333. The van der Waals surface area contributed by atoms with Gasteiger partial charge in [-0.15, -0.1) is 10.2 Å². The second kappa shape index (κ2) is 6.35. The van der Waals surface area contributed by atoms with Crippen LogP contribution in [-0.4, -0.2) is 17.3 Å². The van der Waals surface area contributed by atoms with Crippen LogP contribution in [0.3, 0.4) is 0 Å². The van der Waals surface area contributed by atoms with E-state index in [4.69, 9.17) is 15.3 Å². The van der Waals surface area contributed by atoms with Crippen LogP contribution in [0.15, 0.2) is 18.2 Å². The number of nitrogens with two attached hydrogens (primary N) is 1. The second-order valence-corrected chi connectivity index (χ2v) is 4.83. The Morgan fingerprint density at radius 3 is 2.79 bits per heavy atom. The number of hydrogen-bond donors (Lipinski definition) is 2. The number of anilines is 1. The summed E-state index contributed by atoms with van der Waals surface area (Å²) in [6, 6.07) is 5.90. The molecule has 0 bridgehead atoms. The van der Waals surface area contributed by atoms with E-state index in [9.17, 15) is 0 Å². The first-order chi connectivity index (χ1) is 9.26. The molecule has 1 aromatic heterocycles. The van der Waals surface area contributed by atoms with Crippen LogP contribution in [-0.2, 0) is 13.0 Å². The monoisotopic (exact) mass is 280 g/mol. The zero-order valence-corrected chi connectivity index (χ0v) is 11.7. The summed E-state index contributed by atoms with van der Waals surface area (Å²) in [6.07, 6.45) is 0.957. The molecule has 7 heteroatoms. The van der Waals surface area contributed by atoms with E-state index >= 15 is 0 Å². The fourth-order valence-electron chi connectivity index (χ4n) is 1.56. The van der Waals surface area contributed by atoms with Crippen LogP contribution < -0.4 is 20.7 Å². The Labute approximate surface area is 115 Å². The summed E-state index contributed by atoms with van der Waals surface area (Å²) >= 11 is 1.35. The highest BCUT2D eigenvalue weighted by Crippen LogP contribution is 2.29. The van der Waals surface area contributed by atoms with Gasteiger partial charge >= 0.3 is 0 Å². The average molecular weight is 280 g/mol. The van der Waals surface area contributed by atoms with Gasteiger partial charge in [0.2, 0.25) is 5.13 Å². The minimum Gasteiger partial charge on any atom is -0.493 e. The molecule has 19 heavy (non-hydrogen) atoms. The smallest absolute Gasteiger partial charge is 0.219 e. The Kier molecular flexibility index (Phi) is 4.53. The molecule has 0 aliphatic heterocycles. The average Bonchev–Trinajstić information content (AvgIpc) is 2.92. The molecule has 0 aliphatic carbocycles. The SMILES string of the molecule is CCc1ccc(OCc2nnc(NN)s2)c(OC)c1. The van der Waals surface area contributed by atoms with Gasteiger partial charge in [-0.2, -0.15) is 0 Å². The molecule has 0 amide bonds. The number of aryl methyl sites for hydroxylation is 1. The molecular formula is C12H16N4O2S. The van der Waals surface area contributed by atoms with Crippen molar-refractivity contribution >= 4 is 16.5 Å². The molecule has 3 N–H and O–H groups in total. The minimum atomic E-state index is 0.335. The predicted octanol–water partition coefficient (Wildman–Crippen LogP) is 1.97. The lowest BCUT2D eigenvalue weighted by molar-refractivity contribution is 0.283. The van der Waals surface area contributed by atoms with Gasteiger partial charge in [-0.1, -0.05) is 24.3 Å². The van der Waals surface area contributed by atoms with Crippen LogP contribution in [0.4, 0.5) is 5.13 Å². The zero-order valence-electron chi connectivity index (χ0n) is 10.8. The summed E-state index contributed by atoms with van der Waals surface area (Å²) in [7, 11) is 1.63. The van der Waals surface area contributed by atoms with E-state index in [1.165, 1.54) is 16.9 Å². The lowest BCUT2D eigenvalue weighted by atomic mass is 10.1. The normalized spacial score (nSPS) is 10.3. The molecule has 0 fully saturated rings. The summed E-state index contributed by atoms with van der Waals surface area (Å²) in [6.45, 7) is 2.43. The van der Waals surface area contributed by atoms with Crippen molar-refractivity contribution in [2.45, 2.75) is 20.0 Å². The first-order valence-electron chi connectivity index (χ1n) is 5.85. The number of nitrogens with one attached hydrogen (secondary N) is 1. The van der Waals surface area contributed by atoms with Gasteiger partial charge in [-0.3, -0.25) is 5.43 Å². The van der Waals surface area contributed by atoms with Crippen LogP contribution in [0, 0.1) is 0 Å². The molecule has 0 unspecified atom stereocenters. The number of nitrogens with zero attached hydrogens (tertiary/aromatic N) is 2. The summed E-state index contributed by atoms with van der Waals surface area (Å²) in [5, 5.41) is 9.10. The van der Waals surface area contributed by atoms with E-state index in [1.807, 2.05) is 18.2 Å². The molecule has 0 radical (unpaired) electrons. The van der Waals surface area contributed by atoms with Crippen LogP contribution in [0.2, 0.25) is 0 Å². The maximum absolute atomic E-state index is 5.69. The van der Waals surface area contributed by atoms with Crippen molar-refractivity contribution in [1.82, 2.24) is 10.2 Å². The van der Waals surface area contributed by atoms with Crippen LogP contribution in [0.5, 0.6) is 11.5 Å². The number of hydrazine groups is 1. The molecule has 0 saturated carbocycles. The number of rotatable bonds is 6. The van der Waals surface area contributed by atoms with Gasteiger partial charge in [-0.05, 0) is 24.1 Å². The van der Waals surface area contributed by atoms with E-state index < -0.39 is 0 Å². The second-order valence-electron chi connectivity index (χ2n) is 3.77. The molecule has 0 atom stereocenters. The van der Waals surface area contributed by atoms with Gasteiger partial charge in [0.05, 0.1) is 7.11 Å². The lowest BCUT2D eigenvalue weighted by Crippen LogP contribution is -2.05. The highest BCUT2D eigenvalue weighted by Gasteiger charge is 2.08. The van der Waals surface area contributed by atoms with Crippen LogP contribution in [0.25, 0.3) is 0 Å². The highest BCUT2D eigenvalue weighted by atomic mass is 32.1. The van der Waals surface area contributed by atoms with Gasteiger partial charge in [-0.25, -0.2) is 5.84 Å². The standard InChI is InChI=1S/C12H16N4O2S/c1-3-8-4-5-9(10(6-8)17-2)18-7-11-15-16-12(14-13)19-11/h4-6H,3,7,13H2,1-2H3,(H,14,16). The maximum Gasteiger partial charge on any atom is 0.219 e. The molecule has 6 nitrogen and oxygen atoms in total. The predicted molar refractivity (Wildman–Crippen MR) is 74.4 cm³/mol. The lowest BCUT2D eigenvalue weighted by Gasteiger charge is -2.10. The molecule has 0 saturated heterocycles. The third-order valence-electron chi connectivity index (χ3n) is 2.58. The Hall–Kier alpha value is -1.86. The van der Waals surface area contributed by atoms with Gasteiger partial charge in [0.25, 0.3) is 0 Å². The number of benzene rings is 1. The van der Waals surface area contributed by atoms with Crippen molar-refractivity contribution in [3.63, 3.8) is 0 Å². The van der Waals surface area contributed by atoms with E-state index in [0.717, 1.165) is 17.2 Å². The van der Waals surface area contributed by atoms with Gasteiger partial charge in [0.15, 0.2) is 16.5 Å². The van der Waals surface area contributed by atoms with Crippen LogP contribution in [0.1, 0.15) is 17.5 Å². The molecule has 1 aromatic carbocycles. The zero-order chi connectivity index (χ0) is 13.7. The van der Waals surface area contributed by atoms with E-state index in [0.29, 0.717) is 17.5 Å². The van der Waals surface area contributed by atoms with Crippen molar-refractivity contribution in [2.75, 3.05) is 12.5 Å². The van der Waals surface area contributed by atoms with Crippen molar-refractivity contribution < 1.29 is 9.47 Å². The van der Waals surface area contributed by atoms with E-state index in [1.54, 1.807) is 7.11 Å². The Balaban J connectivity index is 2.06. The minimum absolute atomic E-state index is 0.335. The fourth-order valence-corrected chi connectivity index (χ4v) is 2.12. The van der Waals surface area contributed by atoms with E-state index in [2.05, 4.69) is 22.5 Å². The van der Waals surface area contributed by atoms with E-state index in [-0.39, 0.29) is 0 Å². The third kappa shape index (κ3) is 3.33. The largest absolute Gasteiger partial charge is 0.493 e. The summed E-state index contributed by atoms with van der Waals surface area (Å²) in [5.41, 5.74) is 3.65. The van der Waals surface area contributed by atoms with Crippen molar-refractivity contribution in [3.8, 4) is 11.5 Å². The Morgan fingerprint density at radius 2 is 2.16 bits per heavy atom. The number of methoxy groups -OCH3 is 1. The van der Waals surface area contributed by atoms with Gasteiger partial charge in [0.1, 0.15) is 6.61 Å². The Bertz CT molecular complexity index is 544. The topological polar surface area (TPSA) is 82.3 Å². The van der Waals surface area contributed by atoms with Gasteiger partial charge < -0.3 is 9.47 Å². The quantitative estimate of drug-likeness (QED) is 0.622. The molecule has 102 valence electrons. The molecule has 2 rings (SSSR count). The Morgan fingerprint density at radius 1 is 1.32 bits per heavy atom. The summed E-state index contributed by atoms with van der Waals surface area (Å²) < 4.78 is 11.0. The van der Waals surface area contributed by atoms with Crippen molar-refractivity contribution in [2.24, 2.45) is 5.84 Å². The summed E-state index contributed by atoms with van der Waals surface area (Å²) in [4.78, 5) is 0. The van der Waals surface area contributed by atoms with Crippen molar-refractivity contribution in [3.05, 3.63) is 28.8 Å². The first kappa shape index (κ1) is 13.6. The highest BCUT2D eigenvalue weighted by molar-refractivity contribution is 7.15.